The largest absolute Gasteiger partial charge is 0.489 e. The number of aromatic nitrogens is 1. The van der Waals surface area contributed by atoms with Crippen molar-refractivity contribution < 1.29 is 9.53 Å². The van der Waals surface area contributed by atoms with E-state index in [9.17, 15) is 4.79 Å². The lowest BCUT2D eigenvalue weighted by molar-refractivity contribution is -0.130. The van der Waals surface area contributed by atoms with Gasteiger partial charge >= 0.3 is 0 Å². The van der Waals surface area contributed by atoms with Gasteiger partial charge in [0.1, 0.15) is 12.4 Å². The number of amides is 1. The molecule has 0 radical (unpaired) electrons. The summed E-state index contributed by atoms with van der Waals surface area (Å²) in [5, 5.41) is 3.23. The van der Waals surface area contributed by atoms with Gasteiger partial charge in [0.15, 0.2) is 0 Å². The van der Waals surface area contributed by atoms with Crippen molar-refractivity contribution in [1.29, 1.82) is 0 Å². The first-order valence-corrected chi connectivity index (χ1v) is 11.0. The van der Waals surface area contributed by atoms with Crippen molar-refractivity contribution in [2.24, 2.45) is 0 Å². The van der Waals surface area contributed by atoms with Crippen LogP contribution in [0.4, 0.5) is 0 Å². The minimum atomic E-state index is -0.401. The number of carbonyl (C=O) groups excluding carboxylic acids is 1. The topological polar surface area (TPSA) is 51.2 Å². The molecule has 1 unspecified atom stereocenters. The van der Waals surface area contributed by atoms with E-state index in [2.05, 4.69) is 38.4 Å². The molecule has 0 bridgehead atoms. The number of hydrogen-bond donors (Lipinski definition) is 1. The molecule has 154 valence electrons. The van der Waals surface area contributed by atoms with Crippen LogP contribution in [0.1, 0.15) is 48.9 Å². The second kappa shape index (κ2) is 9.00. The fourth-order valence-electron chi connectivity index (χ4n) is 3.87. The van der Waals surface area contributed by atoms with E-state index in [1.807, 2.05) is 55.5 Å². The van der Waals surface area contributed by atoms with Crippen LogP contribution < -0.4 is 10.1 Å². The highest BCUT2D eigenvalue weighted by Crippen LogP contribution is 2.44. The van der Waals surface area contributed by atoms with Crippen LogP contribution in [0.15, 0.2) is 77.5 Å². The molecule has 0 spiro atoms. The molecule has 1 N–H and O–H groups in total. The van der Waals surface area contributed by atoms with Gasteiger partial charge in [0.25, 0.3) is 0 Å². The Balaban J connectivity index is 1.38. The number of nitrogens with one attached hydrogen (secondary N) is 1. The fourth-order valence-corrected chi connectivity index (χ4v) is 4.13. The molecule has 3 aromatic rings. The molecule has 2 aromatic carbocycles. The lowest BCUT2D eigenvalue weighted by Crippen LogP contribution is -2.49. The van der Waals surface area contributed by atoms with Crippen LogP contribution in [0.2, 0.25) is 0 Å². The maximum Gasteiger partial charge on any atom is 0.231 e. The summed E-state index contributed by atoms with van der Waals surface area (Å²) in [5.74, 6) is 0.909. The predicted molar refractivity (Wildman–Crippen MR) is 121 cm³/mol. The summed E-state index contributed by atoms with van der Waals surface area (Å²) in [7, 11) is 0. The van der Waals surface area contributed by atoms with Crippen LogP contribution in [-0.4, -0.2) is 10.9 Å². The molecule has 0 saturated heterocycles. The summed E-state index contributed by atoms with van der Waals surface area (Å²) in [6.07, 6.45) is 6.43. The van der Waals surface area contributed by atoms with Gasteiger partial charge in [0.05, 0.1) is 11.5 Å². The quantitative estimate of drug-likeness (QED) is 0.486. The molecule has 1 aliphatic carbocycles. The number of carbonyl (C=O) groups is 1. The molecular weight excluding hydrogens is 440 g/mol. The highest BCUT2D eigenvalue weighted by atomic mass is 79.9. The smallest absolute Gasteiger partial charge is 0.231 e. The molecule has 30 heavy (non-hydrogen) atoms. The van der Waals surface area contributed by atoms with Gasteiger partial charge < -0.3 is 10.1 Å². The number of halogens is 1. The zero-order valence-electron chi connectivity index (χ0n) is 17.0. The molecule has 1 heterocycles. The Labute approximate surface area is 185 Å². The molecule has 4 rings (SSSR count). The van der Waals surface area contributed by atoms with Gasteiger partial charge in [-0.1, -0.05) is 52.7 Å². The minimum absolute atomic E-state index is 0.0715. The number of benzene rings is 2. The van der Waals surface area contributed by atoms with Gasteiger partial charge in [-0.2, -0.15) is 0 Å². The van der Waals surface area contributed by atoms with Gasteiger partial charge in [-0.15, -0.1) is 0 Å². The summed E-state index contributed by atoms with van der Waals surface area (Å²) < 4.78 is 6.85. The van der Waals surface area contributed by atoms with E-state index in [1.165, 1.54) is 0 Å². The maximum atomic E-state index is 13.2. The Morgan fingerprint density at radius 1 is 1.13 bits per heavy atom. The third-order valence-electron chi connectivity index (χ3n) is 5.89. The lowest BCUT2D eigenvalue weighted by atomic mass is 9.63. The van der Waals surface area contributed by atoms with Crippen molar-refractivity contribution in [2.45, 2.75) is 44.2 Å². The van der Waals surface area contributed by atoms with E-state index in [0.29, 0.717) is 6.61 Å². The van der Waals surface area contributed by atoms with Crippen LogP contribution in [0, 0.1) is 0 Å². The van der Waals surface area contributed by atoms with Crippen molar-refractivity contribution >= 4 is 21.8 Å². The normalized spacial score (nSPS) is 15.7. The molecule has 1 saturated carbocycles. The van der Waals surface area contributed by atoms with E-state index in [-0.39, 0.29) is 11.9 Å². The number of hydrogen-bond acceptors (Lipinski definition) is 3. The highest BCUT2D eigenvalue weighted by Gasteiger charge is 2.45. The van der Waals surface area contributed by atoms with Crippen LogP contribution in [0.5, 0.6) is 5.75 Å². The zero-order valence-corrected chi connectivity index (χ0v) is 18.6. The van der Waals surface area contributed by atoms with Gasteiger partial charge in [0.2, 0.25) is 5.91 Å². The average molecular weight is 465 g/mol. The van der Waals surface area contributed by atoms with Crippen LogP contribution >= 0.6 is 15.9 Å². The third kappa shape index (κ3) is 4.41. The third-order valence-corrected chi connectivity index (χ3v) is 6.42. The number of ether oxygens (including phenoxy) is 1. The van der Waals surface area contributed by atoms with Gasteiger partial charge in [-0.05, 0) is 61.2 Å². The molecular formula is C25H25BrN2O2. The second-order valence-electron chi connectivity index (χ2n) is 7.86. The average Bonchev–Trinajstić information content (AvgIpc) is 2.74. The summed E-state index contributed by atoms with van der Waals surface area (Å²) >= 11 is 3.48. The van der Waals surface area contributed by atoms with Gasteiger partial charge in [0, 0.05) is 22.4 Å². The minimum Gasteiger partial charge on any atom is -0.489 e. The Morgan fingerprint density at radius 2 is 1.87 bits per heavy atom. The molecule has 1 amide bonds. The van der Waals surface area contributed by atoms with E-state index in [0.717, 1.165) is 46.2 Å². The summed E-state index contributed by atoms with van der Waals surface area (Å²) in [5.41, 5.74) is 2.78. The molecule has 1 atom stereocenters. The highest BCUT2D eigenvalue weighted by molar-refractivity contribution is 9.10. The number of rotatable bonds is 7. The van der Waals surface area contributed by atoms with E-state index in [4.69, 9.17) is 4.74 Å². The molecule has 1 aromatic heterocycles. The molecule has 0 aliphatic heterocycles. The predicted octanol–water partition coefficient (Wildman–Crippen LogP) is 5.72. The van der Waals surface area contributed by atoms with Crippen LogP contribution in [0.3, 0.4) is 0 Å². The molecule has 4 nitrogen and oxygen atoms in total. The van der Waals surface area contributed by atoms with E-state index < -0.39 is 5.41 Å². The second-order valence-corrected chi connectivity index (χ2v) is 8.77. The number of nitrogens with zero attached hydrogens (tertiary/aromatic N) is 1. The zero-order chi connectivity index (χ0) is 21.0. The molecule has 1 fully saturated rings. The van der Waals surface area contributed by atoms with Crippen molar-refractivity contribution in [3.8, 4) is 5.75 Å². The summed E-state index contributed by atoms with van der Waals surface area (Å²) in [6, 6.07) is 19.9. The van der Waals surface area contributed by atoms with Crippen molar-refractivity contribution in [3.05, 3.63) is 94.2 Å². The first-order chi connectivity index (χ1) is 14.6. The standard InChI is InChI=1S/C25H25BrN2O2/c1-18(20-5-11-23(12-6-20)30-17-19-4-2-15-27-16-19)28-24(29)25(13-3-14-25)21-7-9-22(26)10-8-21/h2,4-12,15-16,18H,3,13-14,17H2,1H3,(H,28,29). The van der Waals surface area contributed by atoms with E-state index in [1.54, 1.807) is 12.4 Å². The first kappa shape index (κ1) is 20.6. The Bertz CT molecular complexity index is 984. The molecule has 5 heteroatoms. The monoisotopic (exact) mass is 464 g/mol. The Kier molecular flexibility index (Phi) is 6.18. The SMILES string of the molecule is CC(NC(=O)C1(c2ccc(Br)cc2)CCC1)c1ccc(OCc2cccnc2)cc1. The van der Waals surface area contributed by atoms with Crippen molar-refractivity contribution in [2.75, 3.05) is 0 Å². The van der Waals surface area contributed by atoms with Crippen molar-refractivity contribution in [1.82, 2.24) is 10.3 Å². The Hall–Kier alpha value is -2.66. The van der Waals surface area contributed by atoms with Gasteiger partial charge in [-0.25, -0.2) is 0 Å². The van der Waals surface area contributed by atoms with Crippen LogP contribution in [-0.2, 0) is 16.8 Å². The van der Waals surface area contributed by atoms with Crippen LogP contribution in [0.25, 0.3) is 0 Å². The summed E-state index contributed by atoms with van der Waals surface area (Å²) in [6.45, 7) is 2.51. The van der Waals surface area contributed by atoms with Gasteiger partial charge in [-0.3, -0.25) is 9.78 Å². The molecule has 1 aliphatic rings. The van der Waals surface area contributed by atoms with E-state index >= 15 is 0 Å². The fraction of sp³-hybridized carbons (Fsp3) is 0.280. The maximum absolute atomic E-state index is 13.2. The Morgan fingerprint density at radius 3 is 2.47 bits per heavy atom. The lowest BCUT2D eigenvalue weighted by Gasteiger charge is -2.41. The van der Waals surface area contributed by atoms with Crippen molar-refractivity contribution in [3.63, 3.8) is 0 Å². The summed E-state index contributed by atoms with van der Waals surface area (Å²) in [4.78, 5) is 17.3. The first-order valence-electron chi connectivity index (χ1n) is 10.3. The number of pyridine rings is 1.